The molecular weight excluding hydrogens is 318 g/mol. The van der Waals surface area contributed by atoms with Crippen LogP contribution in [0.3, 0.4) is 0 Å². The highest BCUT2D eigenvalue weighted by Gasteiger charge is 2.23. The van der Waals surface area contributed by atoms with E-state index in [-0.39, 0.29) is 0 Å². The SMILES string of the molecule is N#Cc1c([C@H](C#N)c2ccccc2)cccc1[C@@H](C#N)c1ccccc1. The Bertz CT molecular complexity index is 943. The van der Waals surface area contributed by atoms with Crippen molar-refractivity contribution in [1.29, 1.82) is 15.8 Å². The van der Waals surface area contributed by atoms with Gasteiger partial charge in [-0.25, -0.2) is 0 Å². The Morgan fingerprint density at radius 3 is 1.31 bits per heavy atom. The van der Waals surface area contributed by atoms with Crippen molar-refractivity contribution in [1.82, 2.24) is 0 Å². The molecule has 0 unspecified atom stereocenters. The van der Waals surface area contributed by atoms with Crippen LogP contribution in [0.15, 0.2) is 78.9 Å². The lowest BCUT2D eigenvalue weighted by atomic mass is 9.83. The Morgan fingerprint density at radius 1 is 0.538 bits per heavy atom. The van der Waals surface area contributed by atoms with E-state index in [9.17, 15) is 15.8 Å². The molecule has 3 rings (SSSR count). The van der Waals surface area contributed by atoms with E-state index in [0.717, 1.165) is 11.1 Å². The normalized spacial score (nSPS) is 12.2. The van der Waals surface area contributed by atoms with Crippen molar-refractivity contribution in [2.75, 3.05) is 0 Å². The van der Waals surface area contributed by atoms with Gasteiger partial charge in [0.25, 0.3) is 0 Å². The molecular formula is C23H15N3. The quantitative estimate of drug-likeness (QED) is 0.684. The fourth-order valence-electron chi connectivity index (χ4n) is 3.14. The van der Waals surface area contributed by atoms with Gasteiger partial charge in [-0.1, -0.05) is 78.9 Å². The van der Waals surface area contributed by atoms with Crippen LogP contribution in [-0.4, -0.2) is 0 Å². The van der Waals surface area contributed by atoms with Gasteiger partial charge in [-0.05, 0) is 22.3 Å². The van der Waals surface area contributed by atoms with Crippen LogP contribution >= 0.6 is 0 Å². The van der Waals surface area contributed by atoms with Crippen LogP contribution in [0, 0.1) is 34.0 Å². The van der Waals surface area contributed by atoms with Crippen LogP contribution < -0.4 is 0 Å². The largest absolute Gasteiger partial charge is 0.197 e. The van der Waals surface area contributed by atoms with Crippen LogP contribution in [0.1, 0.15) is 39.7 Å². The molecule has 0 aliphatic heterocycles. The Labute approximate surface area is 153 Å². The molecule has 26 heavy (non-hydrogen) atoms. The van der Waals surface area contributed by atoms with Gasteiger partial charge in [-0.3, -0.25) is 0 Å². The van der Waals surface area contributed by atoms with Crippen LogP contribution in [0.2, 0.25) is 0 Å². The minimum atomic E-state index is -0.555. The molecule has 3 nitrogen and oxygen atoms in total. The van der Waals surface area contributed by atoms with Crippen LogP contribution in [0.25, 0.3) is 0 Å². The summed E-state index contributed by atoms with van der Waals surface area (Å²) < 4.78 is 0. The van der Waals surface area contributed by atoms with E-state index >= 15 is 0 Å². The lowest BCUT2D eigenvalue weighted by molar-refractivity contribution is 0.984. The van der Waals surface area contributed by atoms with Crippen molar-refractivity contribution in [3.05, 3.63) is 107 Å². The molecule has 0 bridgehead atoms. The second-order valence-electron chi connectivity index (χ2n) is 5.87. The summed E-state index contributed by atoms with van der Waals surface area (Å²) in [5.41, 5.74) is 3.33. The molecule has 0 heterocycles. The van der Waals surface area contributed by atoms with Gasteiger partial charge in [0.15, 0.2) is 0 Å². The smallest absolute Gasteiger partial charge is 0.0998 e. The van der Waals surface area contributed by atoms with Crippen LogP contribution in [0.5, 0.6) is 0 Å². The Morgan fingerprint density at radius 2 is 0.962 bits per heavy atom. The fraction of sp³-hybridized carbons (Fsp3) is 0.0870. The minimum absolute atomic E-state index is 0.401. The predicted molar refractivity (Wildman–Crippen MR) is 99.0 cm³/mol. The molecule has 3 aromatic carbocycles. The summed E-state index contributed by atoms with van der Waals surface area (Å²) >= 11 is 0. The maximum atomic E-state index is 9.81. The average molecular weight is 333 g/mol. The minimum Gasteiger partial charge on any atom is -0.197 e. The highest BCUT2D eigenvalue weighted by atomic mass is 14.3. The highest BCUT2D eigenvalue weighted by Crippen LogP contribution is 2.33. The third-order valence-corrected chi connectivity index (χ3v) is 4.39. The number of hydrogen-bond donors (Lipinski definition) is 0. The second kappa shape index (κ2) is 7.80. The van der Waals surface area contributed by atoms with E-state index in [4.69, 9.17) is 0 Å². The van der Waals surface area contributed by atoms with Gasteiger partial charge in [0.1, 0.15) is 0 Å². The molecule has 3 heteroatoms. The Kier molecular flexibility index (Phi) is 5.09. The summed E-state index contributed by atoms with van der Waals surface area (Å²) in [6, 6.07) is 31.0. The summed E-state index contributed by atoms with van der Waals surface area (Å²) in [6.45, 7) is 0. The Hall–Kier alpha value is -3.87. The number of nitriles is 3. The fourth-order valence-corrected chi connectivity index (χ4v) is 3.14. The van der Waals surface area contributed by atoms with Gasteiger partial charge in [-0.2, -0.15) is 15.8 Å². The van der Waals surface area contributed by atoms with E-state index in [0.29, 0.717) is 16.7 Å². The zero-order valence-electron chi connectivity index (χ0n) is 14.0. The number of benzene rings is 3. The number of rotatable bonds is 4. The maximum absolute atomic E-state index is 9.81. The molecule has 0 aliphatic rings. The summed E-state index contributed by atoms with van der Waals surface area (Å²) in [5, 5.41) is 29.3. The van der Waals surface area contributed by atoms with Crippen molar-refractivity contribution in [2.45, 2.75) is 11.8 Å². The summed E-state index contributed by atoms with van der Waals surface area (Å²) in [6.07, 6.45) is 0. The van der Waals surface area contributed by atoms with Gasteiger partial charge in [-0.15, -0.1) is 0 Å². The zero-order chi connectivity index (χ0) is 18.4. The monoisotopic (exact) mass is 333 g/mol. The van der Waals surface area contributed by atoms with Crippen molar-refractivity contribution in [3.63, 3.8) is 0 Å². The molecule has 0 aliphatic carbocycles. The molecule has 122 valence electrons. The van der Waals surface area contributed by atoms with E-state index in [1.54, 1.807) is 12.1 Å². The molecule has 0 saturated carbocycles. The predicted octanol–water partition coefficient (Wildman–Crippen LogP) is 4.87. The molecule has 0 fully saturated rings. The van der Waals surface area contributed by atoms with Crippen molar-refractivity contribution >= 4 is 0 Å². The molecule has 3 aromatic rings. The van der Waals surface area contributed by atoms with E-state index < -0.39 is 11.8 Å². The van der Waals surface area contributed by atoms with Gasteiger partial charge < -0.3 is 0 Å². The molecule has 0 N–H and O–H groups in total. The number of hydrogen-bond acceptors (Lipinski definition) is 3. The maximum Gasteiger partial charge on any atom is 0.0998 e. The van der Waals surface area contributed by atoms with Crippen molar-refractivity contribution in [2.24, 2.45) is 0 Å². The highest BCUT2D eigenvalue weighted by molar-refractivity contribution is 5.55. The third-order valence-electron chi connectivity index (χ3n) is 4.39. The molecule has 2 atom stereocenters. The van der Waals surface area contributed by atoms with E-state index in [1.807, 2.05) is 66.7 Å². The van der Waals surface area contributed by atoms with Gasteiger partial charge in [0, 0.05) is 0 Å². The first kappa shape index (κ1) is 17.0. The van der Waals surface area contributed by atoms with E-state index in [2.05, 4.69) is 18.2 Å². The topological polar surface area (TPSA) is 71.4 Å². The lowest BCUT2D eigenvalue weighted by Crippen LogP contribution is -2.07. The summed E-state index contributed by atoms with van der Waals surface area (Å²) in [4.78, 5) is 0. The molecule has 0 amide bonds. The average Bonchev–Trinajstić information content (AvgIpc) is 2.71. The zero-order valence-corrected chi connectivity index (χ0v) is 14.0. The first-order valence-electron chi connectivity index (χ1n) is 8.22. The number of nitrogens with zero attached hydrogens (tertiary/aromatic N) is 3. The van der Waals surface area contributed by atoms with Crippen LogP contribution in [0.4, 0.5) is 0 Å². The van der Waals surface area contributed by atoms with Crippen molar-refractivity contribution < 1.29 is 0 Å². The summed E-state index contributed by atoms with van der Waals surface area (Å²) in [7, 11) is 0. The molecule has 0 saturated heterocycles. The van der Waals surface area contributed by atoms with E-state index in [1.165, 1.54) is 0 Å². The van der Waals surface area contributed by atoms with Gasteiger partial charge >= 0.3 is 0 Å². The van der Waals surface area contributed by atoms with Gasteiger partial charge in [0.05, 0.1) is 35.6 Å². The van der Waals surface area contributed by atoms with Gasteiger partial charge in [0.2, 0.25) is 0 Å². The summed E-state index contributed by atoms with van der Waals surface area (Å²) in [5.74, 6) is -1.11. The molecule has 0 aromatic heterocycles. The standard InChI is InChI=1S/C23H15N3/c24-14-21(17-8-3-1-4-9-17)19-12-7-13-20(23(19)16-26)22(15-25)18-10-5-2-6-11-18/h1-13,21-22H/t21-,22+. The lowest BCUT2D eigenvalue weighted by Gasteiger charge is -2.17. The van der Waals surface area contributed by atoms with Crippen molar-refractivity contribution in [3.8, 4) is 18.2 Å². The molecule has 0 radical (unpaired) electrons. The molecule has 0 spiro atoms. The Balaban J connectivity index is 2.16. The first-order valence-corrected chi connectivity index (χ1v) is 8.22. The van der Waals surface area contributed by atoms with Crippen LogP contribution in [-0.2, 0) is 0 Å². The second-order valence-corrected chi connectivity index (χ2v) is 5.87. The third kappa shape index (κ3) is 3.18. The first-order chi connectivity index (χ1) is 12.8.